The summed E-state index contributed by atoms with van der Waals surface area (Å²) >= 11 is 5.55. The smallest absolute Gasteiger partial charge is 0.493 e. The van der Waals surface area contributed by atoms with E-state index in [0.717, 1.165) is 12.8 Å². The second-order valence-electron chi connectivity index (χ2n) is 5.31. The number of alkyl halides is 4. The van der Waals surface area contributed by atoms with Crippen LogP contribution >= 0.6 is 11.6 Å². The lowest BCUT2D eigenvalue weighted by atomic mass is 9.99. The van der Waals surface area contributed by atoms with Crippen LogP contribution < -0.4 is 9.47 Å². The number of halogens is 4. The van der Waals surface area contributed by atoms with E-state index < -0.39 is 6.36 Å². The molecule has 4 nitrogen and oxygen atoms in total. The summed E-state index contributed by atoms with van der Waals surface area (Å²) in [6, 6.07) is 5.25. The average molecular weight is 352 g/mol. The van der Waals surface area contributed by atoms with Crippen molar-refractivity contribution in [3.63, 3.8) is 0 Å². The first-order valence-electron chi connectivity index (χ1n) is 7.20. The summed E-state index contributed by atoms with van der Waals surface area (Å²) in [7, 11) is 0. The fourth-order valence-electron chi connectivity index (χ4n) is 2.46. The summed E-state index contributed by atoms with van der Waals surface area (Å²) in [6.45, 7) is 1.68. The third-order valence-electron chi connectivity index (χ3n) is 3.53. The van der Waals surface area contributed by atoms with Crippen molar-refractivity contribution in [2.45, 2.75) is 19.2 Å². The average Bonchev–Trinajstić information content (AvgIpc) is 2.52. The van der Waals surface area contributed by atoms with Gasteiger partial charge in [0.1, 0.15) is 17.4 Å². The van der Waals surface area contributed by atoms with Crippen LogP contribution in [-0.2, 0) is 4.79 Å². The van der Waals surface area contributed by atoms with E-state index in [1.165, 1.54) is 24.3 Å². The minimum atomic E-state index is -4.71. The highest BCUT2D eigenvalue weighted by atomic mass is 35.5. The van der Waals surface area contributed by atoms with Crippen LogP contribution in [0.4, 0.5) is 13.2 Å². The van der Waals surface area contributed by atoms with Crippen LogP contribution in [0.5, 0.6) is 11.5 Å². The van der Waals surface area contributed by atoms with E-state index in [4.69, 9.17) is 16.3 Å². The van der Waals surface area contributed by atoms with E-state index in [2.05, 4.69) is 4.74 Å². The first-order valence-corrected chi connectivity index (χ1v) is 7.73. The molecule has 1 amide bonds. The van der Waals surface area contributed by atoms with Crippen LogP contribution in [0.2, 0.25) is 0 Å². The number of benzene rings is 1. The van der Waals surface area contributed by atoms with Gasteiger partial charge in [-0.05, 0) is 37.1 Å². The Morgan fingerprint density at radius 3 is 2.52 bits per heavy atom. The fourth-order valence-corrected chi connectivity index (χ4v) is 2.63. The number of hydrogen-bond donors (Lipinski definition) is 0. The molecule has 128 valence electrons. The van der Waals surface area contributed by atoms with Crippen molar-refractivity contribution >= 4 is 17.5 Å². The number of piperidine rings is 1. The predicted molar refractivity (Wildman–Crippen MR) is 78.6 cm³/mol. The SMILES string of the molecule is O=C(CCl)N1CCCC(COc2ccc(OC(F)(F)F)cc2)C1. The maximum Gasteiger partial charge on any atom is 0.573 e. The van der Waals surface area contributed by atoms with Gasteiger partial charge in [-0.15, -0.1) is 24.8 Å². The van der Waals surface area contributed by atoms with Gasteiger partial charge in [0.25, 0.3) is 0 Å². The maximum atomic E-state index is 12.1. The zero-order valence-corrected chi connectivity index (χ0v) is 13.1. The summed E-state index contributed by atoms with van der Waals surface area (Å²) in [6.07, 6.45) is -2.89. The molecule has 0 bridgehead atoms. The third kappa shape index (κ3) is 5.82. The molecular formula is C15H17ClF3NO3. The summed E-state index contributed by atoms with van der Waals surface area (Å²) in [5.41, 5.74) is 0. The number of rotatable bonds is 5. The molecule has 1 aliphatic heterocycles. The van der Waals surface area contributed by atoms with E-state index in [9.17, 15) is 18.0 Å². The Bertz CT molecular complexity index is 522. The Morgan fingerprint density at radius 2 is 1.91 bits per heavy atom. The van der Waals surface area contributed by atoms with Gasteiger partial charge in [-0.25, -0.2) is 0 Å². The molecule has 0 saturated carbocycles. The molecule has 2 rings (SSSR count). The molecule has 0 spiro atoms. The summed E-state index contributed by atoms with van der Waals surface area (Å²) < 4.78 is 45.6. The fraction of sp³-hybridized carbons (Fsp3) is 0.533. The maximum absolute atomic E-state index is 12.1. The number of carbonyl (C=O) groups is 1. The molecule has 1 saturated heterocycles. The molecule has 1 aromatic carbocycles. The Hall–Kier alpha value is -1.63. The van der Waals surface area contributed by atoms with Gasteiger partial charge in [0, 0.05) is 19.0 Å². The van der Waals surface area contributed by atoms with E-state index in [1.807, 2.05) is 0 Å². The van der Waals surface area contributed by atoms with Crippen molar-refractivity contribution in [1.29, 1.82) is 0 Å². The number of hydrogen-bond acceptors (Lipinski definition) is 3. The highest BCUT2D eigenvalue weighted by Gasteiger charge is 2.31. The van der Waals surface area contributed by atoms with Crippen molar-refractivity contribution in [2.24, 2.45) is 5.92 Å². The molecule has 8 heteroatoms. The van der Waals surface area contributed by atoms with Gasteiger partial charge >= 0.3 is 6.36 Å². The van der Waals surface area contributed by atoms with Crippen molar-refractivity contribution in [3.05, 3.63) is 24.3 Å². The lowest BCUT2D eigenvalue weighted by Gasteiger charge is -2.32. The standard InChI is InChI=1S/C15H17ClF3NO3/c16-8-14(21)20-7-1-2-11(9-20)10-22-12-3-5-13(6-4-12)23-15(17,18)19/h3-6,11H,1-2,7-10H2. The van der Waals surface area contributed by atoms with Gasteiger partial charge in [-0.2, -0.15) is 0 Å². The Morgan fingerprint density at radius 1 is 1.26 bits per heavy atom. The van der Waals surface area contributed by atoms with Crippen LogP contribution in [0.25, 0.3) is 0 Å². The molecule has 1 aliphatic rings. The lowest BCUT2D eigenvalue weighted by Crippen LogP contribution is -2.42. The molecule has 1 heterocycles. The summed E-state index contributed by atoms with van der Waals surface area (Å²) in [5, 5.41) is 0. The molecular weight excluding hydrogens is 335 g/mol. The van der Waals surface area contributed by atoms with Crippen LogP contribution in [0, 0.1) is 5.92 Å². The first-order chi connectivity index (χ1) is 10.9. The normalized spacial score (nSPS) is 18.6. The quantitative estimate of drug-likeness (QED) is 0.763. The van der Waals surface area contributed by atoms with Crippen molar-refractivity contribution in [2.75, 3.05) is 25.6 Å². The minimum Gasteiger partial charge on any atom is -0.493 e. The monoisotopic (exact) mass is 351 g/mol. The van der Waals surface area contributed by atoms with E-state index in [-0.39, 0.29) is 23.5 Å². The van der Waals surface area contributed by atoms with Gasteiger partial charge in [0.2, 0.25) is 5.91 Å². The third-order valence-corrected chi connectivity index (χ3v) is 3.76. The summed E-state index contributed by atoms with van der Waals surface area (Å²) in [5.74, 6) is 0.225. The van der Waals surface area contributed by atoms with Crippen molar-refractivity contribution in [3.8, 4) is 11.5 Å². The Labute approximate surface area is 137 Å². The largest absolute Gasteiger partial charge is 0.573 e. The minimum absolute atomic E-state index is 0.0335. The molecule has 0 radical (unpaired) electrons. The molecule has 1 unspecified atom stereocenters. The zero-order chi connectivity index (χ0) is 16.9. The number of nitrogens with zero attached hydrogens (tertiary/aromatic N) is 1. The number of likely N-dealkylation sites (tertiary alicyclic amines) is 1. The molecule has 1 atom stereocenters. The van der Waals surface area contributed by atoms with Gasteiger partial charge in [0.15, 0.2) is 0 Å². The Kier molecular flexibility index (Phi) is 5.98. The van der Waals surface area contributed by atoms with Crippen LogP contribution in [0.3, 0.4) is 0 Å². The highest BCUT2D eigenvalue weighted by molar-refractivity contribution is 6.27. The second-order valence-corrected chi connectivity index (χ2v) is 5.58. The molecule has 0 aromatic heterocycles. The van der Waals surface area contributed by atoms with Gasteiger partial charge in [0.05, 0.1) is 6.61 Å². The van der Waals surface area contributed by atoms with Crippen molar-refractivity contribution in [1.82, 2.24) is 4.90 Å². The highest BCUT2D eigenvalue weighted by Crippen LogP contribution is 2.25. The van der Waals surface area contributed by atoms with Gasteiger partial charge in [-0.3, -0.25) is 4.79 Å². The molecule has 0 N–H and O–H groups in total. The molecule has 1 fully saturated rings. The Balaban J connectivity index is 1.82. The lowest BCUT2D eigenvalue weighted by molar-refractivity contribution is -0.274. The van der Waals surface area contributed by atoms with Gasteiger partial charge < -0.3 is 14.4 Å². The van der Waals surface area contributed by atoms with E-state index >= 15 is 0 Å². The molecule has 0 aliphatic carbocycles. The van der Waals surface area contributed by atoms with Crippen LogP contribution in [0.1, 0.15) is 12.8 Å². The van der Waals surface area contributed by atoms with Crippen LogP contribution in [-0.4, -0.2) is 42.7 Å². The summed E-state index contributed by atoms with van der Waals surface area (Å²) in [4.78, 5) is 13.3. The van der Waals surface area contributed by atoms with Crippen LogP contribution in [0.15, 0.2) is 24.3 Å². The predicted octanol–water partition coefficient (Wildman–Crippen LogP) is 3.44. The number of ether oxygens (including phenoxy) is 2. The first kappa shape index (κ1) is 17.7. The van der Waals surface area contributed by atoms with E-state index in [0.29, 0.717) is 25.4 Å². The number of carbonyl (C=O) groups excluding carboxylic acids is 1. The van der Waals surface area contributed by atoms with Gasteiger partial charge in [-0.1, -0.05) is 0 Å². The molecule has 1 aromatic rings. The second kappa shape index (κ2) is 7.77. The molecule has 23 heavy (non-hydrogen) atoms. The zero-order valence-electron chi connectivity index (χ0n) is 12.3. The number of amides is 1. The van der Waals surface area contributed by atoms with E-state index in [1.54, 1.807) is 4.90 Å². The topological polar surface area (TPSA) is 38.8 Å². The van der Waals surface area contributed by atoms with Crippen molar-refractivity contribution < 1.29 is 27.4 Å².